The van der Waals surface area contributed by atoms with Gasteiger partial charge in [0.1, 0.15) is 11.6 Å². The Morgan fingerprint density at radius 1 is 1.47 bits per heavy atom. The standard InChI is InChI=1S/C14H17F2NO2/c1-9(12-5-2-10(15)8-13(12)16)17(11-3-4-11)7-6-14(18)19/h2,5,8-9,11H,3-4,6-7H2,1H3,(H,18,19). The van der Waals surface area contributed by atoms with Crippen LogP contribution in [0.4, 0.5) is 8.78 Å². The molecular formula is C14H17F2NO2. The summed E-state index contributed by atoms with van der Waals surface area (Å²) in [6.45, 7) is 2.22. The topological polar surface area (TPSA) is 40.5 Å². The zero-order chi connectivity index (χ0) is 14.0. The van der Waals surface area contributed by atoms with Crippen molar-refractivity contribution >= 4 is 5.97 Å². The summed E-state index contributed by atoms with van der Waals surface area (Å²) in [5.41, 5.74) is 0.415. The van der Waals surface area contributed by atoms with E-state index >= 15 is 0 Å². The molecule has 3 nitrogen and oxygen atoms in total. The van der Waals surface area contributed by atoms with Crippen LogP contribution in [0.5, 0.6) is 0 Å². The summed E-state index contributed by atoms with van der Waals surface area (Å²) < 4.78 is 26.7. The van der Waals surface area contributed by atoms with Crippen LogP contribution < -0.4 is 0 Å². The van der Waals surface area contributed by atoms with Gasteiger partial charge in [0.2, 0.25) is 0 Å². The van der Waals surface area contributed by atoms with Gasteiger partial charge in [0, 0.05) is 30.3 Å². The molecule has 1 aliphatic carbocycles. The van der Waals surface area contributed by atoms with Crippen LogP contribution in [0.15, 0.2) is 18.2 Å². The van der Waals surface area contributed by atoms with E-state index in [0.29, 0.717) is 18.2 Å². The second-order valence-corrected chi connectivity index (χ2v) is 4.95. The molecule has 1 N–H and O–H groups in total. The van der Waals surface area contributed by atoms with E-state index < -0.39 is 17.6 Å². The van der Waals surface area contributed by atoms with E-state index in [9.17, 15) is 13.6 Å². The first-order chi connectivity index (χ1) is 8.99. The van der Waals surface area contributed by atoms with Gasteiger partial charge < -0.3 is 5.11 Å². The summed E-state index contributed by atoms with van der Waals surface area (Å²) in [6, 6.07) is 3.61. The number of rotatable bonds is 6. The molecular weight excluding hydrogens is 252 g/mol. The molecule has 0 aromatic heterocycles. The zero-order valence-electron chi connectivity index (χ0n) is 10.8. The second-order valence-electron chi connectivity index (χ2n) is 4.95. The summed E-state index contributed by atoms with van der Waals surface area (Å²) in [5.74, 6) is -2.04. The van der Waals surface area contributed by atoms with Gasteiger partial charge in [-0.05, 0) is 25.8 Å². The van der Waals surface area contributed by atoms with Crippen molar-refractivity contribution in [1.29, 1.82) is 0 Å². The van der Waals surface area contributed by atoms with Gasteiger partial charge in [-0.2, -0.15) is 0 Å². The molecule has 0 aliphatic heterocycles. The second kappa shape index (κ2) is 5.65. The van der Waals surface area contributed by atoms with Crippen molar-refractivity contribution in [2.45, 2.75) is 38.3 Å². The highest BCUT2D eigenvalue weighted by Crippen LogP contribution is 2.35. The maximum atomic E-state index is 13.8. The number of carboxylic acid groups (broad SMARTS) is 1. The normalized spacial score (nSPS) is 16.6. The third-order valence-electron chi connectivity index (χ3n) is 3.51. The molecule has 1 saturated carbocycles. The predicted octanol–water partition coefficient (Wildman–Crippen LogP) is 2.96. The number of aliphatic carboxylic acids is 1. The Kier molecular flexibility index (Phi) is 4.14. The van der Waals surface area contributed by atoms with E-state index in [1.54, 1.807) is 0 Å². The number of carbonyl (C=O) groups is 1. The Morgan fingerprint density at radius 3 is 2.68 bits per heavy atom. The van der Waals surface area contributed by atoms with E-state index in [0.717, 1.165) is 18.9 Å². The van der Waals surface area contributed by atoms with Crippen LogP contribution in [0.25, 0.3) is 0 Å². The van der Waals surface area contributed by atoms with E-state index in [1.165, 1.54) is 12.1 Å². The number of hydrogen-bond donors (Lipinski definition) is 1. The van der Waals surface area contributed by atoms with Crippen molar-refractivity contribution < 1.29 is 18.7 Å². The molecule has 104 valence electrons. The van der Waals surface area contributed by atoms with Gasteiger partial charge in [-0.15, -0.1) is 0 Å². The Hall–Kier alpha value is -1.49. The Labute approximate surface area is 110 Å². The molecule has 0 bridgehead atoms. The minimum Gasteiger partial charge on any atom is -0.481 e. The summed E-state index contributed by atoms with van der Waals surface area (Å²) in [4.78, 5) is 12.7. The molecule has 0 heterocycles. The Bertz CT molecular complexity index is 475. The van der Waals surface area contributed by atoms with Gasteiger partial charge in [0.25, 0.3) is 0 Å². The maximum absolute atomic E-state index is 13.8. The lowest BCUT2D eigenvalue weighted by atomic mass is 10.1. The van der Waals surface area contributed by atoms with Gasteiger partial charge in [0.05, 0.1) is 6.42 Å². The number of halogens is 2. The van der Waals surface area contributed by atoms with Gasteiger partial charge in [-0.1, -0.05) is 6.07 Å². The molecule has 0 spiro atoms. The van der Waals surface area contributed by atoms with Gasteiger partial charge in [-0.25, -0.2) is 8.78 Å². The third kappa shape index (κ3) is 3.50. The highest BCUT2D eigenvalue weighted by molar-refractivity contribution is 5.66. The van der Waals surface area contributed by atoms with Gasteiger partial charge in [0.15, 0.2) is 0 Å². The van der Waals surface area contributed by atoms with Gasteiger partial charge in [-0.3, -0.25) is 9.69 Å². The number of nitrogens with zero attached hydrogens (tertiary/aromatic N) is 1. The molecule has 1 unspecified atom stereocenters. The molecule has 19 heavy (non-hydrogen) atoms. The fourth-order valence-electron chi connectivity index (χ4n) is 2.34. The molecule has 0 radical (unpaired) electrons. The lowest BCUT2D eigenvalue weighted by molar-refractivity contribution is -0.137. The highest BCUT2D eigenvalue weighted by Gasteiger charge is 2.33. The van der Waals surface area contributed by atoms with E-state index in [2.05, 4.69) is 0 Å². The molecule has 2 rings (SSSR count). The van der Waals surface area contributed by atoms with Crippen molar-refractivity contribution in [3.63, 3.8) is 0 Å². The lowest BCUT2D eigenvalue weighted by Crippen LogP contribution is -2.32. The van der Waals surface area contributed by atoms with Gasteiger partial charge >= 0.3 is 5.97 Å². The first kappa shape index (κ1) is 13.9. The average molecular weight is 269 g/mol. The summed E-state index contributed by atoms with van der Waals surface area (Å²) >= 11 is 0. The van der Waals surface area contributed by atoms with Crippen LogP contribution in [-0.4, -0.2) is 28.6 Å². The first-order valence-corrected chi connectivity index (χ1v) is 6.41. The molecule has 5 heteroatoms. The summed E-state index contributed by atoms with van der Waals surface area (Å²) in [5, 5.41) is 8.76. The summed E-state index contributed by atoms with van der Waals surface area (Å²) in [7, 11) is 0. The first-order valence-electron chi connectivity index (χ1n) is 6.41. The highest BCUT2D eigenvalue weighted by atomic mass is 19.1. The van der Waals surface area contributed by atoms with Crippen LogP contribution >= 0.6 is 0 Å². The smallest absolute Gasteiger partial charge is 0.304 e. The molecule has 0 saturated heterocycles. The van der Waals surface area contributed by atoms with Crippen LogP contribution in [-0.2, 0) is 4.79 Å². The van der Waals surface area contributed by atoms with Crippen molar-refractivity contribution in [2.24, 2.45) is 0 Å². The molecule has 1 atom stereocenters. The molecule has 1 fully saturated rings. The van der Waals surface area contributed by atoms with Crippen molar-refractivity contribution in [3.8, 4) is 0 Å². The Morgan fingerprint density at radius 2 is 2.16 bits per heavy atom. The quantitative estimate of drug-likeness (QED) is 0.863. The third-order valence-corrected chi connectivity index (χ3v) is 3.51. The minimum atomic E-state index is -0.863. The van der Waals surface area contributed by atoms with Crippen molar-refractivity contribution in [3.05, 3.63) is 35.4 Å². The van der Waals surface area contributed by atoms with Crippen molar-refractivity contribution in [1.82, 2.24) is 4.90 Å². The fourth-order valence-corrected chi connectivity index (χ4v) is 2.34. The zero-order valence-corrected chi connectivity index (χ0v) is 10.8. The summed E-state index contributed by atoms with van der Waals surface area (Å²) in [6.07, 6.45) is 2.04. The molecule has 1 aromatic carbocycles. The minimum absolute atomic E-state index is 0.0314. The molecule has 0 amide bonds. The average Bonchev–Trinajstić information content (AvgIpc) is 3.13. The largest absolute Gasteiger partial charge is 0.481 e. The number of carboxylic acids is 1. The fraction of sp³-hybridized carbons (Fsp3) is 0.500. The van der Waals surface area contributed by atoms with E-state index in [4.69, 9.17) is 5.11 Å². The van der Waals surface area contributed by atoms with Crippen LogP contribution in [0.3, 0.4) is 0 Å². The lowest BCUT2D eigenvalue weighted by Gasteiger charge is -2.29. The van der Waals surface area contributed by atoms with E-state index in [1.807, 2.05) is 11.8 Å². The number of hydrogen-bond acceptors (Lipinski definition) is 2. The van der Waals surface area contributed by atoms with Crippen molar-refractivity contribution in [2.75, 3.05) is 6.54 Å². The Balaban J connectivity index is 2.13. The predicted molar refractivity (Wildman–Crippen MR) is 66.8 cm³/mol. The molecule has 1 aliphatic rings. The van der Waals surface area contributed by atoms with Crippen LogP contribution in [0, 0.1) is 11.6 Å². The van der Waals surface area contributed by atoms with Crippen LogP contribution in [0.1, 0.15) is 37.8 Å². The van der Waals surface area contributed by atoms with E-state index in [-0.39, 0.29) is 12.5 Å². The SMILES string of the molecule is CC(c1ccc(F)cc1F)N(CCC(=O)O)C1CC1. The molecule has 1 aromatic rings. The maximum Gasteiger partial charge on any atom is 0.304 e. The monoisotopic (exact) mass is 269 g/mol. The number of benzene rings is 1. The van der Waals surface area contributed by atoms with Crippen LogP contribution in [0.2, 0.25) is 0 Å².